The zero-order chi connectivity index (χ0) is 18.3. The van der Waals surface area contributed by atoms with Crippen molar-refractivity contribution in [1.29, 1.82) is 0 Å². The highest BCUT2D eigenvalue weighted by atomic mass is 32.2. The molecular weight excluding hydrogens is 332 g/mol. The molecule has 136 valence electrons. The van der Waals surface area contributed by atoms with Gasteiger partial charge in [0, 0.05) is 0 Å². The van der Waals surface area contributed by atoms with Gasteiger partial charge in [0.1, 0.15) is 5.25 Å². The Balaban J connectivity index is 2.57. The minimum absolute atomic E-state index is 0.697. The largest absolute Gasteiger partial charge is 0.285 e. The molecule has 2 aromatic carbocycles. The first-order valence-corrected chi connectivity index (χ1v) is 10.6. The lowest BCUT2D eigenvalue weighted by Crippen LogP contribution is -2.17. The molecular formula is C21H28O3S. The summed E-state index contributed by atoms with van der Waals surface area (Å²) < 4.78 is 34.7. The van der Waals surface area contributed by atoms with E-state index >= 15 is 0 Å². The molecule has 0 atom stereocenters. The summed E-state index contributed by atoms with van der Waals surface area (Å²) in [5.41, 5.74) is 3.39. The molecule has 4 heteroatoms. The SMILES string of the molecule is CCCCc1ccccc1C(c1ccccc1CCCC)S(=O)(=O)O. The van der Waals surface area contributed by atoms with E-state index in [4.69, 9.17) is 0 Å². The molecule has 0 aromatic heterocycles. The average molecular weight is 361 g/mol. The van der Waals surface area contributed by atoms with Gasteiger partial charge in [-0.2, -0.15) is 8.42 Å². The van der Waals surface area contributed by atoms with Gasteiger partial charge in [-0.25, -0.2) is 0 Å². The third kappa shape index (κ3) is 5.16. The number of hydrogen-bond acceptors (Lipinski definition) is 2. The topological polar surface area (TPSA) is 54.4 Å². The molecule has 0 aliphatic heterocycles. The van der Waals surface area contributed by atoms with Gasteiger partial charge in [-0.15, -0.1) is 0 Å². The van der Waals surface area contributed by atoms with Crippen molar-refractivity contribution in [2.24, 2.45) is 0 Å². The Morgan fingerprint density at radius 2 is 1.20 bits per heavy atom. The second-order valence-electron chi connectivity index (χ2n) is 6.50. The van der Waals surface area contributed by atoms with Crippen LogP contribution in [0, 0.1) is 0 Å². The fraction of sp³-hybridized carbons (Fsp3) is 0.429. The molecule has 0 aliphatic carbocycles. The minimum atomic E-state index is -4.27. The van der Waals surface area contributed by atoms with Crippen molar-refractivity contribution in [2.45, 2.75) is 57.6 Å². The van der Waals surface area contributed by atoms with Gasteiger partial charge >= 0.3 is 0 Å². The Labute approximate surface area is 151 Å². The van der Waals surface area contributed by atoms with Crippen LogP contribution in [0.4, 0.5) is 0 Å². The number of rotatable bonds is 9. The van der Waals surface area contributed by atoms with Crippen LogP contribution in [0.1, 0.15) is 67.0 Å². The molecule has 0 radical (unpaired) electrons. The van der Waals surface area contributed by atoms with Gasteiger partial charge < -0.3 is 0 Å². The van der Waals surface area contributed by atoms with Crippen LogP contribution in [-0.2, 0) is 23.0 Å². The Bertz CT molecular complexity index is 730. The molecule has 0 saturated heterocycles. The summed E-state index contributed by atoms with van der Waals surface area (Å²) >= 11 is 0. The summed E-state index contributed by atoms with van der Waals surface area (Å²) in [5.74, 6) is 0. The normalized spacial score (nSPS) is 11.8. The lowest BCUT2D eigenvalue weighted by atomic mass is 9.92. The van der Waals surface area contributed by atoms with Gasteiger partial charge in [-0.05, 0) is 47.9 Å². The van der Waals surface area contributed by atoms with E-state index in [9.17, 15) is 13.0 Å². The van der Waals surface area contributed by atoms with Crippen LogP contribution in [0.5, 0.6) is 0 Å². The Morgan fingerprint density at radius 1 is 0.800 bits per heavy atom. The van der Waals surface area contributed by atoms with E-state index in [-0.39, 0.29) is 0 Å². The van der Waals surface area contributed by atoms with Crippen molar-refractivity contribution < 1.29 is 13.0 Å². The third-order valence-corrected chi connectivity index (χ3v) is 5.68. The summed E-state index contributed by atoms with van der Waals surface area (Å²) in [5, 5.41) is -1.02. The van der Waals surface area contributed by atoms with Crippen molar-refractivity contribution in [2.75, 3.05) is 0 Å². The maximum absolute atomic E-state index is 12.3. The molecule has 0 spiro atoms. The first kappa shape index (κ1) is 19.7. The van der Waals surface area contributed by atoms with Gasteiger partial charge in [0.15, 0.2) is 0 Å². The highest BCUT2D eigenvalue weighted by Gasteiger charge is 2.30. The standard InChI is InChI=1S/C21H28O3S/c1-3-5-11-17-13-7-9-15-19(17)21(25(22,23)24)20-16-10-8-14-18(20)12-6-4-2/h7-10,13-16,21H,3-6,11-12H2,1-2H3,(H,22,23,24). The van der Waals surface area contributed by atoms with Gasteiger partial charge in [0.2, 0.25) is 0 Å². The monoisotopic (exact) mass is 360 g/mol. The zero-order valence-corrected chi connectivity index (χ0v) is 15.9. The quantitative estimate of drug-likeness (QED) is 0.613. The second kappa shape index (κ2) is 9.16. The summed E-state index contributed by atoms with van der Waals surface area (Å²) in [6, 6.07) is 15.2. The van der Waals surface area contributed by atoms with Crippen LogP contribution < -0.4 is 0 Å². The van der Waals surface area contributed by atoms with Crippen molar-refractivity contribution in [1.82, 2.24) is 0 Å². The summed E-state index contributed by atoms with van der Waals surface area (Å²) in [6.07, 6.45) is 5.70. The average Bonchev–Trinajstić information content (AvgIpc) is 2.59. The van der Waals surface area contributed by atoms with Crippen molar-refractivity contribution in [3.8, 4) is 0 Å². The first-order valence-electron chi connectivity index (χ1n) is 9.10. The number of unbranched alkanes of at least 4 members (excludes halogenated alkanes) is 2. The maximum atomic E-state index is 12.3. The van der Waals surface area contributed by atoms with E-state index < -0.39 is 15.4 Å². The smallest absolute Gasteiger partial charge is 0.276 e. The Hall–Kier alpha value is -1.65. The molecule has 25 heavy (non-hydrogen) atoms. The van der Waals surface area contributed by atoms with E-state index in [0.717, 1.165) is 49.7 Å². The van der Waals surface area contributed by atoms with E-state index in [1.807, 2.05) is 48.5 Å². The van der Waals surface area contributed by atoms with Crippen molar-refractivity contribution in [3.63, 3.8) is 0 Å². The highest BCUT2D eigenvalue weighted by Crippen LogP contribution is 2.35. The molecule has 0 amide bonds. The minimum Gasteiger partial charge on any atom is -0.285 e. The van der Waals surface area contributed by atoms with Crippen LogP contribution in [0.15, 0.2) is 48.5 Å². The molecule has 0 saturated carbocycles. The molecule has 0 unspecified atom stereocenters. The summed E-state index contributed by atoms with van der Waals surface area (Å²) in [4.78, 5) is 0. The molecule has 1 N–H and O–H groups in total. The summed E-state index contributed by atoms with van der Waals surface area (Å²) in [6.45, 7) is 4.23. The van der Waals surface area contributed by atoms with Crippen LogP contribution in [-0.4, -0.2) is 13.0 Å². The molecule has 0 heterocycles. The molecule has 2 aromatic rings. The molecule has 0 aliphatic rings. The number of aryl methyl sites for hydroxylation is 2. The van der Waals surface area contributed by atoms with Crippen LogP contribution in [0.3, 0.4) is 0 Å². The predicted molar refractivity (Wildman–Crippen MR) is 103 cm³/mol. The zero-order valence-electron chi connectivity index (χ0n) is 15.1. The van der Waals surface area contributed by atoms with E-state index in [2.05, 4.69) is 13.8 Å². The van der Waals surface area contributed by atoms with Gasteiger partial charge in [0.05, 0.1) is 0 Å². The second-order valence-corrected chi connectivity index (χ2v) is 8.00. The predicted octanol–water partition coefficient (Wildman–Crippen LogP) is 5.35. The van der Waals surface area contributed by atoms with Crippen molar-refractivity contribution in [3.05, 3.63) is 70.8 Å². The fourth-order valence-electron chi connectivity index (χ4n) is 3.26. The van der Waals surface area contributed by atoms with E-state index in [1.54, 1.807) is 0 Å². The number of hydrogen-bond donors (Lipinski definition) is 1. The third-order valence-electron chi connectivity index (χ3n) is 4.57. The maximum Gasteiger partial charge on any atom is 0.276 e. The van der Waals surface area contributed by atoms with Crippen LogP contribution in [0.25, 0.3) is 0 Å². The van der Waals surface area contributed by atoms with Crippen molar-refractivity contribution >= 4 is 10.1 Å². The van der Waals surface area contributed by atoms with Crippen LogP contribution >= 0.6 is 0 Å². The van der Waals surface area contributed by atoms with Crippen LogP contribution in [0.2, 0.25) is 0 Å². The molecule has 2 rings (SSSR count). The number of benzene rings is 2. The molecule has 0 bridgehead atoms. The Morgan fingerprint density at radius 3 is 1.56 bits per heavy atom. The lowest BCUT2D eigenvalue weighted by molar-refractivity contribution is 0.474. The molecule has 0 fully saturated rings. The van der Waals surface area contributed by atoms with E-state index in [1.165, 1.54) is 0 Å². The van der Waals surface area contributed by atoms with Gasteiger partial charge in [-0.3, -0.25) is 4.55 Å². The first-order chi connectivity index (χ1) is 12.0. The summed E-state index contributed by atoms with van der Waals surface area (Å²) in [7, 11) is -4.27. The Kier molecular flexibility index (Phi) is 7.21. The van der Waals surface area contributed by atoms with Gasteiger partial charge in [-0.1, -0.05) is 75.2 Å². The molecule has 3 nitrogen and oxygen atoms in total. The van der Waals surface area contributed by atoms with Gasteiger partial charge in [0.25, 0.3) is 10.1 Å². The van der Waals surface area contributed by atoms with E-state index in [0.29, 0.717) is 11.1 Å². The lowest BCUT2D eigenvalue weighted by Gasteiger charge is -2.21. The highest BCUT2D eigenvalue weighted by molar-refractivity contribution is 7.86. The fourth-order valence-corrected chi connectivity index (χ4v) is 4.36.